The van der Waals surface area contributed by atoms with Gasteiger partial charge in [0, 0.05) is 11.9 Å². The molecule has 10 heteroatoms. The Morgan fingerprint density at radius 1 is 1.33 bits per heavy atom. The van der Waals surface area contributed by atoms with Crippen LogP contribution in [-0.4, -0.2) is 40.6 Å². The number of hydrogen-bond donors (Lipinski definition) is 0. The highest BCUT2D eigenvalue weighted by molar-refractivity contribution is 9.09. The average molecular weight is 373 g/mol. The first kappa shape index (κ1) is 17.3. The van der Waals surface area contributed by atoms with E-state index in [9.17, 15) is 32.5 Å². The van der Waals surface area contributed by atoms with Gasteiger partial charge in [0.25, 0.3) is 18.0 Å². The van der Waals surface area contributed by atoms with Crippen molar-refractivity contribution in [1.29, 1.82) is 0 Å². The molecule has 0 aliphatic heterocycles. The Morgan fingerprint density at radius 3 is 2.38 bits per heavy atom. The second-order valence-electron chi connectivity index (χ2n) is 3.87. The molecular weight excluding hydrogens is 364 g/mol. The topological polar surface area (TPSA) is 63.4 Å². The molecule has 0 saturated carbocycles. The lowest BCUT2D eigenvalue weighted by Gasteiger charge is -2.21. The number of nitro groups is 1. The van der Waals surface area contributed by atoms with Gasteiger partial charge in [0.15, 0.2) is 11.6 Å². The first-order chi connectivity index (χ1) is 9.77. The summed E-state index contributed by atoms with van der Waals surface area (Å²) in [5, 5.41) is 10.9. The first-order valence-electron chi connectivity index (χ1n) is 5.54. The lowest BCUT2D eigenvalue weighted by molar-refractivity contribution is -0.385. The third kappa shape index (κ3) is 4.38. The van der Waals surface area contributed by atoms with Gasteiger partial charge >= 0.3 is 0 Å². The molecule has 0 saturated heterocycles. The standard InChI is InChI=1S/C11H9BrF4N2O3/c12-1-2-17(5-10(15)16)11(19)6-3-7(13)8(14)4-9(6)18(20)21/h3-4,10H,1-2,5H2. The summed E-state index contributed by atoms with van der Waals surface area (Å²) in [7, 11) is 0. The molecule has 0 aliphatic rings. The van der Waals surface area contributed by atoms with E-state index in [0.29, 0.717) is 11.0 Å². The zero-order valence-electron chi connectivity index (χ0n) is 10.4. The van der Waals surface area contributed by atoms with Crippen molar-refractivity contribution in [2.24, 2.45) is 0 Å². The van der Waals surface area contributed by atoms with Gasteiger partial charge in [0.2, 0.25) is 0 Å². The van der Waals surface area contributed by atoms with Crippen LogP contribution in [0.5, 0.6) is 0 Å². The summed E-state index contributed by atoms with van der Waals surface area (Å²) in [6.07, 6.45) is -2.86. The monoisotopic (exact) mass is 372 g/mol. The van der Waals surface area contributed by atoms with Crippen LogP contribution in [-0.2, 0) is 0 Å². The van der Waals surface area contributed by atoms with Gasteiger partial charge in [0.05, 0.1) is 17.5 Å². The summed E-state index contributed by atoms with van der Waals surface area (Å²) in [6.45, 7) is -1.14. The second kappa shape index (κ2) is 7.34. The molecule has 0 spiro atoms. The molecular formula is C11H9BrF4N2O3. The minimum Gasteiger partial charge on any atom is -0.332 e. The maximum Gasteiger partial charge on any atom is 0.285 e. The zero-order valence-corrected chi connectivity index (χ0v) is 11.9. The van der Waals surface area contributed by atoms with E-state index in [4.69, 9.17) is 0 Å². The number of halogens is 5. The number of nitro benzene ring substituents is 1. The molecule has 116 valence electrons. The molecule has 0 atom stereocenters. The molecule has 0 N–H and O–H groups in total. The van der Waals surface area contributed by atoms with E-state index in [1.165, 1.54) is 0 Å². The van der Waals surface area contributed by atoms with Crippen LogP contribution in [0.4, 0.5) is 23.2 Å². The molecule has 1 amide bonds. The number of benzene rings is 1. The van der Waals surface area contributed by atoms with Crippen LogP contribution in [0.1, 0.15) is 10.4 Å². The van der Waals surface area contributed by atoms with E-state index in [1.54, 1.807) is 0 Å². The lowest BCUT2D eigenvalue weighted by Crippen LogP contribution is -2.37. The highest BCUT2D eigenvalue weighted by Gasteiger charge is 2.28. The molecule has 0 unspecified atom stereocenters. The summed E-state index contributed by atoms with van der Waals surface area (Å²) in [4.78, 5) is 22.4. The van der Waals surface area contributed by atoms with Crippen LogP contribution >= 0.6 is 15.9 Å². The van der Waals surface area contributed by atoms with E-state index in [2.05, 4.69) is 15.9 Å². The molecule has 0 bridgehead atoms. The van der Waals surface area contributed by atoms with Gasteiger partial charge in [0.1, 0.15) is 5.56 Å². The maximum atomic E-state index is 13.2. The van der Waals surface area contributed by atoms with E-state index >= 15 is 0 Å². The minimum absolute atomic E-state index is 0.142. The van der Waals surface area contributed by atoms with E-state index in [0.717, 1.165) is 0 Å². The Morgan fingerprint density at radius 2 is 1.90 bits per heavy atom. The molecule has 0 radical (unpaired) electrons. The third-order valence-corrected chi connectivity index (χ3v) is 2.82. The highest BCUT2D eigenvalue weighted by atomic mass is 79.9. The molecule has 5 nitrogen and oxygen atoms in total. The fraction of sp³-hybridized carbons (Fsp3) is 0.364. The van der Waals surface area contributed by atoms with E-state index in [1.807, 2.05) is 0 Å². The summed E-state index contributed by atoms with van der Waals surface area (Å²) in [6, 6.07) is 0.583. The van der Waals surface area contributed by atoms with Gasteiger partial charge in [-0.15, -0.1) is 0 Å². The SMILES string of the molecule is O=C(c1cc(F)c(F)cc1[N+](=O)[O-])N(CCBr)CC(F)F. The molecule has 1 aromatic rings. The van der Waals surface area contributed by atoms with Gasteiger partial charge in [-0.2, -0.15) is 0 Å². The smallest absolute Gasteiger partial charge is 0.285 e. The predicted molar refractivity (Wildman–Crippen MR) is 68.7 cm³/mol. The van der Waals surface area contributed by atoms with Gasteiger partial charge in [-0.3, -0.25) is 14.9 Å². The normalized spacial score (nSPS) is 10.8. The van der Waals surface area contributed by atoms with Gasteiger partial charge in [-0.05, 0) is 6.07 Å². The van der Waals surface area contributed by atoms with Crippen molar-refractivity contribution in [1.82, 2.24) is 4.90 Å². The summed E-state index contributed by atoms with van der Waals surface area (Å²) < 4.78 is 51.0. The van der Waals surface area contributed by atoms with Crippen molar-refractivity contribution in [3.8, 4) is 0 Å². The van der Waals surface area contributed by atoms with Crippen LogP contribution in [0.25, 0.3) is 0 Å². The van der Waals surface area contributed by atoms with Crippen molar-refractivity contribution >= 4 is 27.5 Å². The summed E-state index contributed by atoms with van der Waals surface area (Å²) >= 11 is 2.95. The van der Waals surface area contributed by atoms with E-state index in [-0.39, 0.29) is 17.9 Å². The molecule has 0 aliphatic carbocycles. The van der Waals surface area contributed by atoms with Crippen LogP contribution in [0.15, 0.2) is 12.1 Å². The molecule has 1 aromatic carbocycles. The van der Waals surface area contributed by atoms with Gasteiger partial charge in [-0.25, -0.2) is 17.6 Å². The number of nitrogens with zero attached hydrogens (tertiary/aromatic N) is 2. The number of carbonyl (C=O) groups is 1. The fourth-order valence-electron chi connectivity index (χ4n) is 1.57. The highest BCUT2D eigenvalue weighted by Crippen LogP contribution is 2.24. The predicted octanol–water partition coefficient (Wildman–Crippen LogP) is 2.98. The minimum atomic E-state index is -2.86. The number of carbonyl (C=O) groups excluding carboxylic acids is 1. The van der Waals surface area contributed by atoms with Crippen LogP contribution in [0, 0.1) is 21.7 Å². The number of rotatable bonds is 6. The Labute approximate surface area is 124 Å². The third-order valence-electron chi connectivity index (χ3n) is 2.47. The Kier molecular flexibility index (Phi) is 6.06. The lowest BCUT2D eigenvalue weighted by atomic mass is 10.1. The van der Waals surface area contributed by atoms with Crippen LogP contribution < -0.4 is 0 Å². The number of amides is 1. The largest absolute Gasteiger partial charge is 0.332 e. The van der Waals surface area contributed by atoms with Crippen LogP contribution in [0.2, 0.25) is 0 Å². The second-order valence-corrected chi connectivity index (χ2v) is 4.66. The van der Waals surface area contributed by atoms with Crippen molar-refractivity contribution < 1.29 is 27.3 Å². The molecule has 0 fully saturated rings. The molecule has 1 rings (SSSR count). The van der Waals surface area contributed by atoms with Crippen molar-refractivity contribution in [2.45, 2.75) is 6.43 Å². The molecule has 0 heterocycles. The van der Waals surface area contributed by atoms with Gasteiger partial charge in [-0.1, -0.05) is 15.9 Å². The van der Waals surface area contributed by atoms with Crippen LogP contribution in [0.3, 0.4) is 0 Å². The number of hydrogen-bond acceptors (Lipinski definition) is 3. The van der Waals surface area contributed by atoms with Crippen molar-refractivity contribution in [2.75, 3.05) is 18.4 Å². The fourth-order valence-corrected chi connectivity index (χ4v) is 2.00. The Hall–Kier alpha value is -1.71. The van der Waals surface area contributed by atoms with Gasteiger partial charge < -0.3 is 4.90 Å². The quantitative estimate of drug-likeness (QED) is 0.333. The Bertz CT molecular complexity index is 557. The molecule has 0 aromatic heterocycles. The first-order valence-corrected chi connectivity index (χ1v) is 6.67. The Balaban J connectivity index is 3.25. The maximum absolute atomic E-state index is 13.2. The van der Waals surface area contributed by atoms with Crippen molar-refractivity contribution in [3.63, 3.8) is 0 Å². The zero-order chi connectivity index (χ0) is 16.2. The van der Waals surface area contributed by atoms with E-state index < -0.39 is 46.7 Å². The molecule has 21 heavy (non-hydrogen) atoms. The van der Waals surface area contributed by atoms with Crippen molar-refractivity contribution in [3.05, 3.63) is 39.4 Å². The number of alkyl halides is 3. The summed E-state index contributed by atoms with van der Waals surface area (Å²) in [5.41, 5.74) is -1.76. The average Bonchev–Trinajstić information content (AvgIpc) is 2.39. The summed E-state index contributed by atoms with van der Waals surface area (Å²) in [5.74, 6) is -4.14.